The molecule has 0 amide bonds. The van der Waals surface area contributed by atoms with Crippen molar-refractivity contribution < 1.29 is 4.48 Å². The van der Waals surface area contributed by atoms with Crippen LogP contribution in [0.5, 0.6) is 0 Å². The lowest BCUT2D eigenvalue weighted by Gasteiger charge is -2.29. The molecular formula is C18H22N3+. The maximum atomic E-state index is 4.26. The first kappa shape index (κ1) is 15.2. The van der Waals surface area contributed by atoms with Crippen LogP contribution in [-0.4, -0.2) is 37.7 Å². The molecule has 0 N–H and O–H groups in total. The average molecular weight is 280 g/mol. The molecule has 2 aromatic rings. The average Bonchev–Trinajstić information content (AvgIpc) is 2.48. The fourth-order valence-corrected chi connectivity index (χ4v) is 2.12. The number of hydrogen-bond acceptors (Lipinski definition) is 2. The van der Waals surface area contributed by atoms with E-state index >= 15 is 0 Å². The molecular weight excluding hydrogens is 258 g/mol. The van der Waals surface area contributed by atoms with E-state index in [0.717, 1.165) is 29.8 Å². The number of hydrogen-bond donors (Lipinski definition) is 0. The third-order valence-corrected chi connectivity index (χ3v) is 3.28. The molecule has 0 atom stereocenters. The van der Waals surface area contributed by atoms with Crippen LogP contribution in [0.2, 0.25) is 0 Å². The van der Waals surface area contributed by atoms with Gasteiger partial charge in [-0.05, 0) is 12.1 Å². The van der Waals surface area contributed by atoms with Gasteiger partial charge >= 0.3 is 0 Å². The second-order valence-corrected chi connectivity index (χ2v) is 5.73. The number of aliphatic imine (C=N–C) groups is 2. The number of likely N-dealkylation sites (N-methyl/N-ethyl adjacent to an activating group) is 1. The Morgan fingerprint density at radius 1 is 0.905 bits per heavy atom. The monoisotopic (exact) mass is 280 g/mol. The molecule has 0 aliphatic heterocycles. The highest BCUT2D eigenvalue weighted by molar-refractivity contribution is 5.51. The third-order valence-electron chi connectivity index (χ3n) is 3.28. The quantitative estimate of drug-likeness (QED) is 0.568. The van der Waals surface area contributed by atoms with Crippen LogP contribution in [-0.2, 0) is 6.54 Å². The smallest absolute Gasteiger partial charge is 0.104 e. The molecule has 0 radical (unpaired) electrons. The molecule has 0 heterocycles. The number of quaternary nitrogens is 1. The topological polar surface area (TPSA) is 24.7 Å². The Morgan fingerprint density at radius 3 is 2.19 bits per heavy atom. The largest absolute Gasteiger partial charge is 0.323 e. The van der Waals surface area contributed by atoms with Crippen LogP contribution in [0.1, 0.15) is 5.56 Å². The molecule has 2 rings (SSSR count). The first-order chi connectivity index (χ1) is 10.2. The summed E-state index contributed by atoms with van der Waals surface area (Å²) in [4.78, 5) is 8.45. The van der Waals surface area contributed by atoms with Crippen LogP contribution in [0.3, 0.4) is 0 Å². The van der Waals surface area contributed by atoms with Crippen molar-refractivity contribution in [1.29, 1.82) is 0 Å². The molecule has 0 fully saturated rings. The van der Waals surface area contributed by atoms with Gasteiger partial charge in [-0.1, -0.05) is 48.5 Å². The Labute approximate surface area is 126 Å². The highest BCUT2D eigenvalue weighted by Crippen LogP contribution is 2.09. The van der Waals surface area contributed by atoms with Gasteiger partial charge < -0.3 is 4.48 Å². The summed E-state index contributed by atoms with van der Waals surface area (Å²) in [5, 5.41) is 0. The first-order valence-electron chi connectivity index (χ1n) is 7.19. The van der Waals surface area contributed by atoms with Crippen molar-refractivity contribution in [3.63, 3.8) is 0 Å². The van der Waals surface area contributed by atoms with Crippen LogP contribution in [0.15, 0.2) is 70.6 Å². The summed E-state index contributed by atoms with van der Waals surface area (Å²) in [7, 11) is 4.44. The zero-order valence-electron chi connectivity index (χ0n) is 12.7. The van der Waals surface area contributed by atoms with E-state index in [9.17, 15) is 0 Å². The summed E-state index contributed by atoms with van der Waals surface area (Å²) < 4.78 is 0.903. The second-order valence-electron chi connectivity index (χ2n) is 5.73. The molecule has 0 saturated heterocycles. The molecule has 0 unspecified atom stereocenters. The maximum absolute atomic E-state index is 4.26. The highest BCUT2D eigenvalue weighted by Gasteiger charge is 2.14. The minimum absolute atomic E-state index is 0.732. The van der Waals surface area contributed by atoms with E-state index in [4.69, 9.17) is 0 Å². The van der Waals surface area contributed by atoms with Crippen LogP contribution < -0.4 is 0 Å². The van der Waals surface area contributed by atoms with Crippen LogP contribution >= 0.6 is 0 Å². The fourth-order valence-electron chi connectivity index (χ4n) is 2.12. The minimum Gasteiger partial charge on any atom is -0.323 e. The molecule has 108 valence electrons. The van der Waals surface area contributed by atoms with Crippen molar-refractivity contribution in [1.82, 2.24) is 0 Å². The molecule has 0 aliphatic carbocycles. The first-order valence-corrected chi connectivity index (χ1v) is 7.19. The van der Waals surface area contributed by atoms with E-state index in [-0.39, 0.29) is 0 Å². The normalized spacial score (nSPS) is 10.8. The van der Waals surface area contributed by atoms with Crippen molar-refractivity contribution >= 4 is 11.7 Å². The Balaban J connectivity index is 1.83. The van der Waals surface area contributed by atoms with Gasteiger partial charge in [0, 0.05) is 5.56 Å². The fraction of sp³-hybridized carbons (Fsp3) is 0.278. The van der Waals surface area contributed by atoms with Gasteiger partial charge in [-0.3, -0.25) is 0 Å². The van der Waals surface area contributed by atoms with Crippen molar-refractivity contribution in [2.45, 2.75) is 6.54 Å². The summed E-state index contributed by atoms with van der Waals surface area (Å²) in [5.41, 5.74) is 2.24. The molecule has 0 saturated carbocycles. The Bertz CT molecular complexity index is 597. The van der Waals surface area contributed by atoms with Gasteiger partial charge in [-0.2, -0.15) is 4.99 Å². The predicted octanol–water partition coefficient (Wildman–Crippen LogP) is 3.77. The second kappa shape index (κ2) is 7.53. The molecule has 0 aromatic heterocycles. The van der Waals surface area contributed by atoms with Crippen LogP contribution in [0, 0.1) is 0 Å². The van der Waals surface area contributed by atoms with Gasteiger partial charge in [0.1, 0.15) is 6.54 Å². The van der Waals surface area contributed by atoms with Crippen LogP contribution in [0.25, 0.3) is 0 Å². The zero-order valence-corrected chi connectivity index (χ0v) is 12.7. The lowest BCUT2D eigenvalue weighted by atomic mass is 10.2. The highest BCUT2D eigenvalue weighted by atomic mass is 15.3. The summed E-state index contributed by atoms with van der Waals surface area (Å²) in [5.74, 6) is 0. The molecule has 0 spiro atoms. The number of nitrogens with zero attached hydrogens (tertiary/aromatic N) is 3. The molecule has 0 bridgehead atoms. The Morgan fingerprint density at radius 2 is 1.52 bits per heavy atom. The summed E-state index contributed by atoms with van der Waals surface area (Å²) >= 11 is 0. The van der Waals surface area contributed by atoms with E-state index < -0.39 is 0 Å². The van der Waals surface area contributed by atoms with Crippen molar-refractivity contribution in [3.05, 3.63) is 66.2 Å². The Hall–Kier alpha value is -2.22. The molecule has 3 heteroatoms. The van der Waals surface area contributed by atoms with E-state index in [1.165, 1.54) is 5.56 Å². The SMILES string of the molecule is C[N+](C)(CCN=C=Nc1ccccc1)Cc1ccccc1. The van der Waals surface area contributed by atoms with Gasteiger partial charge in [0.05, 0.1) is 38.9 Å². The lowest BCUT2D eigenvalue weighted by Crippen LogP contribution is -2.40. The maximum Gasteiger partial charge on any atom is 0.104 e. The molecule has 2 aromatic carbocycles. The van der Waals surface area contributed by atoms with E-state index in [1.54, 1.807) is 0 Å². The summed E-state index contributed by atoms with van der Waals surface area (Å²) in [6.45, 7) is 2.70. The molecule has 0 aliphatic rings. The predicted molar refractivity (Wildman–Crippen MR) is 88.0 cm³/mol. The van der Waals surface area contributed by atoms with Gasteiger partial charge in [-0.15, -0.1) is 0 Å². The van der Waals surface area contributed by atoms with E-state index in [0.29, 0.717) is 0 Å². The standard InChI is InChI=1S/C18H22N3/c1-21(2,15-17-9-5-3-6-10-17)14-13-19-16-20-18-11-7-4-8-12-18/h3-12H,13-15H2,1-2H3/q+1. The van der Waals surface area contributed by atoms with Gasteiger partial charge in [0.25, 0.3) is 0 Å². The summed E-state index contributed by atoms with van der Waals surface area (Å²) in [6.07, 6.45) is 0. The lowest BCUT2D eigenvalue weighted by molar-refractivity contribution is -0.902. The van der Waals surface area contributed by atoms with E-state index in [1.807, 2.05) is 36.4 Å². The number of para-hydroxylation sites is 1. The minimum atomic E-state index is 0.732. The van der Waals surface area contributed by atoms with Crippen LogP contribution in [0.4, 0.5) is 5.69 Å². The van der Waals surface area contributed by atoms with Gasteiger partial charge in [0.15, 0.2) is 0 Å². The van der Waals surface area contributed by atoms with Crippen molar-refractivity contribution in [2.24, 2.45) is 9.98 Å². The Kier molecular flexibility index (Phi) is 5.44. The summed E-state index contributed by atoms with van der Waals surface area (Å²) in [6, 6.07) is 23.1. The molecule has 3 nitrogen and oxygen atoms in total. The number of benzene rings is 2. The van der Waals surface area contributed by atoms with Gasteiger partial charge in [0.2, 0.25) is 0 Å². The molecule has 21 heavy (non-hydrogen) atoms. The number of rotatable bonds is 6. The zero-order chi connectivity index (χ0) is 15.0. The van der Waals surface area contributed by atoms with E-state index in [2.05, 4.69) is 54.4 Å². The van der Waals surface area contributed by atoms with Crippen molar-refractivity contribution in [2.75, 3.05) is 27.2 Å². The van der Waals surface area contributed by atoms with Crippen molar-refractivity contribution in [3.8, 4) is 0 Å². The third kappa shape index (κ3) is 5.74. The van der Waals surface area contributed by atoms with Gasteiger partial charge in [-0.25, -0.2) is 4.99 Å².